The number of carboxylic acid groups (broad SMARTS) is 1. The first-order chi connectivity index (χ1) is 22.9. The molecule has 274 valence electrons. The van der Waals surface area contributed by atoms with Gasteiger partial charge >= 0.3 is 12.1 Å². The van der Waals surface area contributed by atoms with Crippen LogP contribution in [-0.4, -0.2) is 94.6 Å². The minimum Gasteiger partial charge on any atom is -0.478 e. The van der Waals surface area contributed by atoms with Gasteiger partial charge in [-0.15, -0.1) is 0 Å². The molecule has 3 rings (SSSR count). The molecule has 0 aliphatic carbocycles. The summed E-state index contributed by atoms with van der Waals surface area (Å²) in [6, 6.07) is 9.20. The molecule has 0 saturated carbocycles. The summed E-state index contributed by atoms with van der Waals surface area (Å²) in [6.07, 6.45) is -0.314. The molecule has 3 unspecified atom stereocenters. The van der Waals surface area contributed by atoms with Crippen LogP contribution in [0.1, 0.15) is 82.9 Å². The van der Waals surface area contributed by atoms with Gasteiger partial charge in [0.1, 0.15) is 29.5 Å². The summed E-state index contributed by atoms with van der Waals surface area (Å²) in [7, 11) is -0.707. The molecule has 1 fully saturated rings. The first kappa shape index (κ1) is 40.2. The van der Waals surface area contributed by atoms with Crippen molar-refractivity contribution in [1.82, 2.24) is 20.0 Å². The number of nitrogens with zero attached hydrogens (tertiary/aromatic N) is 3. The fraction of sp³-hybridized carbons (Fsp3) is 0.541. The quantitative estimate of drug-likeness (QED) is 0.295. The number of halogens is 1. The van der Waals surface area contributed by atoms with Crippen molar-refractivity contribution < 1.29 is 38.2 Å². The monoisotopic (exact) mass is 712 g/mol. The number of carbonyl (C=O) groups excluding carboxylic acids is 4. The minimum atomic E-state index is -2.16. The minimum absolute atomic E-state index is 0.0443. The van der Waals surface area contributed by atoms with Gasteiger partial charge in [0.2, 0.25) is 17.7 Å². The lowest BCUT2D eigenvalue weighted by Crippen LogP contribution is -2.60. The van der Waals surface area contributed by atoms with Gasteiger partial charge in [-0.1, -0.05) is 64.2 Å². The lowest BCUT2D eigenvalue weighted by atomic mass is 9.85. The SMILES string of the molecule is CC(C(=O)NC(C(=O)N1C[Si](C)(C)CC1C(=O)N(Cc1ccc(C(=O)O)cc1)[C@H](C)c1ccccc1F)C(C)(C)C)N(C)C(=O)OC(C)(C)C. The smallest absolute Gasteiger partial charge is 0.410 e. The Bertz CT molecular complexity index is 1590. The Morgan fingerprint density at radius 1 is 1.00 bits per heavy atom. The number of hydrogen-bond donors (Lipinski definition) is 2. The summed E-state index contributed by atoms with van der Waals surface area (Å²) in [5.41, 5.74) is -0.500. The van der Waals surface area contributed by atoms with Crippen molar-refractivity contribution in [3.05, 3.63) is 71.0 Å². The Balaban J connectivity index is 1.98. The molecule has 2 aromatic rings. The van der Waals surface area contributed by atoms with E-state index in [1.54, 1.807) is 69.9 Å². The summed E-state index contributed by atoms with van der Waals surface area (Å²) in [5.74, 6) is -2.90. The normalized spacial score (nSPS) is 17.7. The van der Waals surface area contributed by atoms with Gasteiger partial charge in [0.05, 0.1) is 19.7 Å². The number of carboxylic acids is 1. The molecule has 0 aromatic heterocycles. The third kappa shape index (κ3) is 9.92. The maximum Gasteiger partial charge on any atom is 0.410 e. The van der Waals surface area contributed by atoms with Crippen molar-refractivity contribution in [2.75, 3.05) is 13.2 Å². The van der Waals surface area contributed by atoms with E-state index in [-0.39, 0.29) is 18.0 Å². The van der Waals surface area contributed by atoms with Gasteiger partial charge in [0.25, 0.3) is 0 Å². The van der Waals surface area contributed by atoms with Crippen LogP contribution in [0.3, 0.4) is 0 Å². The molecule has 2 aromatic carbocycles. The Hall–Kier alpha value is -4.26. The molecule has 50 heavy (non-hydrogen) atoms. The highest BCUT2D eigenvalue weighted by atomic mass is 28.3. The molecule has 1 saturated heterocycles. The number of amides is 4. The number of hydrogen-bond acceptors (Lipinski definition) is 6. The summed E-state index contributed by atoms with van der Waals surface area (Å²) < 4.78 is 20.5. The summed E-state index contributed by atoms with van der Waals surface area (Å²) in [4.78, 5) is 71.3. The highest BCUT2D eigenvalue weighted by molar-refractivity contribution is 6.79. The average molecular weight is 713 g/mol. The molecular formula is C37H53FN4O7Si. The van der Waals surface area contributed by atoms with Crippen LogP contribution >= 0.6 is 0 Å². The van der Waals surface area contributed by atoms with Crippen LogP contribution in [0.25, 0.3) is 0 Å². The average Bonchev–Trinajstić information content (AvgIpc) is 3.34. The van der Waals surface area contributed by atoms with E-state index in [0.717, 1.165) is 0 Å². The molecule has 1 aliphatic rings. The van der Waals surface area contributed by atoms with Crippen LogP contribution in [0.15, 0.2) is 48.5 Å². The molecule has 0 spiro atoms. The first-order valence-corrected chi connectivity index (χ1v) is 20.3. The summed E-state index contributed by atoms with van der Waals surface area (Å²) in [6.45, 7) is 18.2. The molecule has 0 radical (unpaired) electrons. The third-order valence-electron chi connectivity index (χ3n) is 8.99. The van der Waals surface area contributed by atoms with Gasteiger partial charge < -0.3 is 25.0 Å². The number of carbonyl (C=O) groups is 5. The highest BCUT2D eigenvalue weighted by Crippen LogP contribution is 2.34. The van der Waals surface area contributed by atoms with Crippen LogP contribution in [0.5, 0.6) is 0 Å². The fourth-order valence-electron chi connectivity index (χ4n) is 6.00. The molecule has 4 amide bonds. The van der Waals surface area contributed by atoms with Crippen LogP contribution in [0.2, 0.25) is 19.1 Å². The molecule has 4 atom stereocenters. The molecule has 2 N–H and O–H groups in total. The maximum absolute atomic E-state index is 15.1. The molecule has 11 nitrogen and oxygen atoms in total. The number of ether oxygens (including phenoxy) is 1. The van der Waals surface area contributed by atoms with Gasteiger partial charge in [-0.2, -0.15) is 0 Å². The standard InChI is InChI=1S/C37H53FN4O7Si/c1-23(27-14-12-13-15-28(27)38)41(20-25-16-18-26(19-17-25)34(46)47)32(44)29-21-50(10,11)22-42(29)33(45)30(36(3,4)5)39-31(43)24(2)40(9)35(48)49-37(6,7)8/h12-19,23-24,29-30H,20-22H2,1-11H3,(H,39,43)(H,46,47)/t23-,24?,29?,30?/m1/s1. The number of benzene rings is 2. The van der Waals surface area contributed by atoms with E-state index in [4.69, 9.17) is 4.74 Å². The number of aromatic carboxylic acids is 1. The highest BCUT2D eigenvalue weighted by Gasteiger charge is 2.50. The summed E-state index contributed by atoms with van der Waals surface area (Å²) >= 11 is 0. The Morgan fingerprint density at radius 2 is 1.58 bits per heavy atom. The van der Waals surface area contributed by atoms with E-state index >= 15 is 4.39 Å². The van der Waals surface area contributed by atoms with Gasteiger partial charge in [-0.3, -0.25) is 19.3 Å². The lowest BCUT2D eigenvalue weighted by Gasteiger charge is -2.39. The Morgan fingerprint density at radius 3 is 2.10 bits per heavy atom. The second-order valence-electron chi connectivity index (χ2n) is 16.1. The predicted octanol–water partition coefficient (Wildman–Crippen LogP) is 5.86. The van der Waals surface area contributed by atoms with E-state index in [9.17, 15) is 29.1 Å². The lowest BCUT2D eigenvalue weighted by molar-refractivity contribution is -0.148. The predicted molar refractivity (Wildman–Crippen MR) is 191 cm³/mol. The van der Waals surface area contributed by atoms with Crippen molar-refractivity contribution in [3.63, 3.8) is 0 Å². The van der Waals surface area contributed by atoms with Crippen molar-refractivity contribution >= 4 is 37.9 Å². The van der Waals surface area contributed by atoms with Gasteiger partial charge in [0, 0.05) is 25.3 Å². The van der Waals surface area contributed by atoms with E-state index in [1.807, 2.05) is 20.8 Å². The zero-order valence-electron chi connectivity index (χ0n) is 31.2. The molecule has 1 heterocycles. The first-order valence-electron chi connectivity index (χ1n) is 16.9. The van der Waals surface area contributed by atoms with Crippen molar-refractivity contribution in [2.45, 2.75) is 111 Å². The van der Waals surface area contributed by atoms with Gasteiger partial charge in [-0.25, -0.2) is 14.0 Å². The van der Waals surface area contributed by atoms with Gasteiger partial charge in [-0.05, 0) is 69.8 Å². The molecule has 13 heteroatoms. The number of likely N-dealkylation sites (N-methyl/N-ethyl adjacent to an activating group) is 1. The Kier molecular flexibility index (Phi) is 12.3. The van der Waals surface area contributed by atoms with E-state index in [1.165, 1.54) is 35.0 Å². The van der Waals surface area contributed by atoms with E-state index < -0.39 is 73.0 Å². The number of nitrogens with one attached hydrogen (secondary N) is 1. The topological polar surface area (TPSA) is 137 Å². The molecule has 0 bridgehead atoms. The number of rotatable bonds is 10. The fourth-order valence-corrected chi connectivity index (χ4v) is 8.86. The van der Waals surface area contributed by atoms with E-state index in [0.29, 0.717) is 23.3 Å². The zero-order chi connectivity index (χ0) is 37.9. The van der Waals surface area contributed by atoms with Crippen molar-refractivity contribution in [2.24, 2.45) is 5.41 Å². The van der Waals surface area contributed by atoms with Crippen LogP contribution in [-0.2, 0) is 25.7 Å². The summed E-state index contributed by atoms with van der Waals surface area (Å²) in [5, 5.41) is 12.2. The van der Waals surface area contributed by atoms with Crippen molar-refractivity contribution in [1.29, 1.82) is 0 Å². The molecular weight excluding hydrogens is 660 g/mol. The second kappa shape index (κ2) is 15.3. The Labute approximate surface area is 296 Å². The zero-order valence-corrected chi connectivity index (χ0v) is 32.2. The second-order valence-corrected chi connectivity index (χ2v) is 21.1. The van der Waals surface area contributed by atoms with Crippen molar-refractivity contribution in [3.8, 4) is 0 Å². The van der Waals surface area contributed by atoms with Gasteiger partial charge in [0.15, 0.2) is 0 Å². The maximum atomic E-state index is 15.1. The largest absolute Gasteiger partial charge is 0.478 e. The van der Waals surface area contributed by atoms with E-state index in [2.05, 4.69) is 18.4 Å². The van der Waals surface area contributed by atoms with Crippen LogP contribution < -0.4 is 5.32 Å². The molecule has 1 aliphatic heterocycles. The van der Waals surface area contributed by atoms with Crippen LogP contribution in [0.4, 0.5) is 9.18 Å². The third-order valence-corrected chi connectivity index (χ3v) is 11.7. The van der Waals surface area contributed by atoms with Crippen LogP contribution in [0, 0.1) is 11.2 Å².